The molecular formula is C17H36N4O3. The highest BCUT2D eigenvalue weighted by Gasteiger charge is 2.21. The molecular weight excluding hydrogens is 308 g/mol. The lowest BCUT2D eigenvalue weighted by Crippen LogP contribution is -2.44. The van der Waals surface area contributed by atoms with Crippen LogP contribution in [0.1, 0.15) is 47.5 Å². The molecule has 0 unspecified atom stereocenters. The van der Waals surface area contributed by atoms with Crippen LogP contribution in [-0.4, -0.2) is 69.0 Å². The van der Waals surface area contributed by atoms with Gasteiger partial charge in [-0.1, -0.05) is 6.92 Å². The maximum absolute atomic E-state index is 12.2. The van der Waals surface area contributed by atoms with E-state index >= 15 is 0 Å². The molecule has 0 fully saturated rings. The van der Waals surface area contributed by atoms with Crippen molar-refractivity contribution in [1.29, 1.82) is 0 Å². The Morgan fingerprint density at radius 1 is 1.12 bits per heavy atom. The van der Waals surface area contributed by atoms with Gasteiger partial charge in [-0.05, 0) is 40.5 Å². The number of rotatable bonds is 10. The van der Waals surface area contributed by atoms with E-state index in [1.807, 2.05) is 34.6 Å². The van der Waals surface area contributed by atoms with Gasteiger partial charge in [-0.25, -0.2) is 4.79 Å². The summed E-state index contributed by atoms with van der Waals surface area (Å²) in [7, 11) is 1.73. The average molecular weight is 345 g/mol. The van der Waals surface area contributed by atoms with E-state index in [4.69, 9.17) is 9.47 Å². The molecule has 142 valence electrons. The quantitative estimate of drug-likeness (QED) is 0.361. The zero-order valence-electron chi connectivity index (χ0n) is 16.3. The molecule has 0 bridgehead atoms. The Kier molecular flexibility index (Phi) is 12.1. The van der Waals surface area contributed by atoms with Gasteiger partial charge < -0.3 is 25.0 Å². The highest BCUT2D eigenvalue weighted by atomic mass is 16.6. The molecule has 1 amide bonds. The lowest BCUT2D eigenvalue weighted by molar-refractivity contribution is 0.0253. The Morgan fingerprint density at radius 2 is 1.79 bits per heavy atom. The van der Waals surface area contributed by atoms with Crippen molar-refractivity contribution < 1.29 is 14.3 Å². The predicted octanol–water partition coefficient (Wildman–Crippen LogP) is 2.23. The van der Waals surface area contributed by atoms with Gasteiger partial charge in [-0.2, -0.15) is 0 Å². The molecule has 0 saturated carbocycles. The zero-order chi connectivity index (χ0) is 18.4. The highest BCUT2D eigenvalue weighted by molar-refractivity contribution is 5.79. The van der Waals surface area contributed by atoms with Crippen molar-refractivity contribution in [2.45, 2.75) is 53.1 Å². The van der Waals surface area contributed by atoms with Crippen LogP contribution in [0.15, 0.2) is 4.99 Å². The first kappa shape index (κ1) is 22.5. The third-order valence-electron chi connectivity index (χ3n) is 3.01. The van der Waals surface area contributed by atoms with Crippen LogP contribution in [0, 0.1) is 0 Å². The molecule has 0 aromatic rings. The summed E-state index contributed by atoms with van der Waals surface area (Å²) < 4.78 is 10.7. The summed E-state index contributed by atoms with van der Waals surface area (Å²) in [5.74, 6) is 0.729. The molecule has 7 heteroatoms. The van der Waals surface area contributed by atoms with Crippen molar-refractivity contribution in [3.05, 3.63) is 0 Å². The van der Waals surface area contributed by atoms with E-state index in [0.29, 0.717) is 19.6 Å². The molecule has 0 saturated heterocycles. The number of amides is 1. The molecule has 0 aromatic heterocycles. The standard InChI is InChI=1S/C17H36N4O3/c1-7-12-21(16(22)24-17(3,4)5)13-11-20-15(18-6)19-10-9-14-23-8-2/h7-14H2,1-6H3,(H2,18,19,20). The molecule has 0 heterocycles. The Bertz CT molecular complexity index is 367. The fourth-order valence-electron chi connectivity index (χ4n) is 1.95. The molecule has 0 rings (SSSR count). The van der Waals surface area contributed by atoms with Crippen molar-refractivity contribution in [3.63, 3.8) is 0 Å². The molecule has 2 N–H and O–H groups in total. The largest absolute Gasteiger partial charge is 0.444 e. The van der Waals surface area contributed by atoms with Crippen LogP contribution in [-0.2, 0) is 9.47 Å². The highest BCUT2D eigenvalue weighted by Crippen LogP contribution is 2.09. The minimum Gasteiger partial charge on any atom is -0.444 e. The summed E-state index contributed by atoms with van der Waals surface area (Å²) in [5.41, 5.74) is -0.478. The third-order valence-corrected chi connectivity index (χ3v) is 3.01. The number of nitrogens with zero attached hydrogens (tertiary/aromatic N) is 2. The second-order valence-corrected chi connectivity index (χ2v) is 6.44. The van der Waals surface area contributed by atoms with Crippen LogP contribution in [0.4, 0.5) is 4.79 Å². The zero-order valence-corrected chi connectivity index (χ0v) is 16.3. The Morgan fingerprint density at radius 3 is 2.33 bits per heavy atom. The fourth-order valence-corrected chi connectivity index (χ4v) is 1.95. The minimum absolute atomic E-state index is 0.272. The molecule has 7 nitrogen and oxygen atoms in total. The molecule has 0 radical (unpaired) electrons. The average Bonchev–Trinajstić information content (AvgIpc) is 2.50. The Labute approximate surface area is 147 Å². The molecule has 0 aromatic carbocycles. The number of guanidine groups is 1. The van der Waals surface area contributed by atoms with E-state index in [-0.39, 0.29) is 6.09 Å². The molecule has 0 aliphatic heterocycles. The summed E-state index contributed by atoms with van der Waals surface area (Å²) in [6, 6.07) is 0. The first-order valence-electron chi connectivity index (χ1n) is 8.84. The van der Waals surface area contributed by atoms with E-state index < -0.39 is 5.60 Å². The molecule has 0 spiro atoms. The fraction of sp³-hybridized carbons (Fsp3) is 0.882. The van der Waals surface area contributed by atoms with Gasteiger partial charge in [0.1, 0.15) is 5.60 Å². The van der Waals surface area contributed by atoms with Gasteiger partial charge in [-0.3, -0.25) is 4.99 Å². The summed E-state index contributed by atoms with van der Waals surface area (Å²) in [6.07, 6.45) is 1.55. The number of hydrogen-bond acceptors (Lipinski definition) is 4. The van der Waals surface area contributed by atoms with Gasteiger partial charge in [-0.15, -0.1) is 0 Å². The summed E-state index contributed by atoms with van der Waals surface area (Å²) in [5, 5.41) is 6.44. The monoisotopic (exact) mass is 344 g/mol. The van der Waals surface area contributed by atoms with E-state index in [9.17, 15) is 4.79 Å². The van der Waals surface area contributed by atoms with Crippen LogP contribution in [0.3, 0.4) is 0 Å². The van der Waals surface area contributed by atoms with E-state index in [1.54, 1.807) is 11.9 Å². The van der Waals surface area contributed by atoms with E-state index in [2.05, 4.69) is 15.6 Å². The number of hydrogen-bond donors (Lipinski definition) is 2. The van der Waals surface area contributed by atoms with Gasteiger partial charge >= 0.3 is 6.09 Å². The Balaban J connectivity index is 4.17. The normalized spacial score (nSPS) is 12.0. The maximum Gasteiger partial charge on any atom is 0.410 e. The van der Waals surface area contributed by atoms with Crippen molar-refractivity contribution in [2.24, 2.45) is 4.99 Å². The number of aliphatic imine (C=N–C) groups is 1. The van der Waals surface area contributed by atoms with Gasteiger partial charge in [0.25, 0.3) is 0 Å². The SMILES string of the molecule is CCCN(CCNC(=NC)NCCCOCC)C(=O)OC(C)(C)C. The van der Waals surface area contributed by atoms with E-state index in [0.717, 1.165) is 38.6 Å². The number of nitrogens with one attached hydrogen (secondary N) is 2. The lowest BCUT2D eigenvalue weighted by atomic mass is 10.2. The smallest absolute Gasteiger partial charge is 0.410 e. The second-order valence-electron chi connectivity index (χ2n) is 6.44. The molecule has 24 heavy (non-hydrogen) atoms. The first-order chi connectivity index (χ1) is 11.3. The number of carbonyl (C=O) groups excluding carboxylic acids is 1. The summed E-state index contributed by atoms with van der Waals surface area (Å²) in [4.78, 5) is 18.1. The van der Waals surface area contributed by atoms with Gasteiger partial charge in [0, 0.05) is 46.4 Å². The van der Waals surface area contributed by atoms with Crippen molar-refractivity contribution in [2.75, 3.05) is 46.4 Å². The molecule has 0 atom stereocenters. The van der Waals surface area contributed by atoms with Crippen LogP contribution < -0.4 is 10.6 Å². The van der Waals surface area contributed by atoms with Gasteiger partial charge in [0.15, 0.2) is 5.96 Å². The maximum atomic E-state index is 12.2. The molecule has 0 aliphatic rings. The number of ether oxygens (including phenoxy) is 2. The lowest BCUT2D eigenvalue weighted by Gasteiger charge is -2.27. The summed E-state index contributed by atoms with van der Waals surface area (Å²) in [6.45, 7) is 13.8. The minimum atomic E-state index is -0.478. The van der Waals surface area contributed by atoms with Crippen molar-refractivity contribution >= 4 is 12.1 Å². The van der Waals surface area contributed by atoms with Crippen LogP contribution >= 0.6 is 0 Å². The van der Waals surface area contributed by atoms with Crippen LogP contribution in [0.25, 0.3) is 0 Å². The van der Waals surface area contributed by atoms with Gasteiger partial charge in [0.05, 0.1) is 0 Å². The van der Waals surface area contributed by atoms with Crippen molar-refractivity contribution in [1.82, 2.24) is 15.5 Å². The first-order valence-corrected chi connectivity index (χ1v) is 8.84. The summed E-state index contributed by atoms with van der Waals surface area (Å²) >= 11 is 0. The predicted molar refractivity (Wildman–Crippen MR) is 98.6 cm³/mol. The van der Waals surface area contributed by atoms with Crippen molar-refractivity contribution in [3.8, 4) is 0 Å². The van der Waals surface area contributed by atoms with Gasteiger partial charge in [0.2, 0.25) is 0 Å². The van der Waals surface area contributed by atoms with Crippen LogP contribution in [0.5, 0.6) is 0 Å². The van der Waals surface area contributed by atoms with E-state index in [1.165, 1.54) is 0 Å². The topological polar surface area (TPSA) is 75.2 Å². The van der Waals surface area contributed by atoms with Crippen LogP contribution in [0.2, 0.25) is 0 Å². The third kappa shape index (κ3) is 12.0. The molecule has 0 aliphatic carbocycles. The Hall–Kier alpha value is -1.50. The second kappa shape index (κ2) is 12.9. The number of carbonyl (C=O) groups is 1.